The molecule has 0 saturated carbocycles. The number of aromatic hydroxyl groups is 1. The van der Waals surface area contributed by atoms with Gasteiger partial charge in [-0.3, -0.25) is 4.79 Å². The summed E-state index contributed by atoms with van der Waals surface area (Å²) < 4.78 is 5.20. The van der Waals surface area contributed by atoms with E-state index in [1.54, 1.807) is 0 Å². The Morgan fingerprint density at radius 2 is 1.94 bits per heavy atom. The molecule has 5 heteroatoms. The van der Waals surface area contributed by atoms with Crippen molar-refractivity contribution >= 4 is 5.97 Å². The van der Waals surface area contributed by atoms with Crippen LogP contribution >= 0.6 is 0 Å². The maximum absolute atomic E-state index is 10.4. The first-order chi connectivity index (χ1) is 7.39. The Kier molecular flexibility index (Phi) is 3.73. The molecule has 1 aromatic carbocycles. The monoisotopic (exact) mass is 226 g/mol. The largest absolute Gasteiger partial charge is 0.508 e. The van der Waals surface area contributed by atoms with Crippen LogP contribution in [0, 0.1) is 0 Å². The zero-order chi connectivity index (χ0) is 12.2. The van der Waals surface area contributed by atoms with Crippen molar-refractivity contribution in [1.29, 1.82) is 0 Å². The predicted octanol–water partition coefficient (Wildman–Crippen LogP) is 0.997. The molecule has 1 atom stereocenters. The van der Waals surface area contributed by atoms with Gasteiger partial charge in [-0.25, -0.2) is 0 Å². The van der Waals surface area contributed by atoms with Gasteiger partial charge in [-0.1, -0.05) is 0 Å². The summed E-state index contributed by atoms with van der Waals surface area (Å²) in [5, 5.41) is 27.2. The van der Waals surface area contributed by atoms with Crippen molar-refractivity contribution in [2.45, 2.75) is 18.9 Å². The summed E-state index contributed by atoms with van der Waals surface area (Å²) in [5.41, 5.74) is -1.41. The summed E-state index contributed by atoms with van der Waals surface area (Å²) in [6, 6.07) is 5.96. The van der Waals surface area contributed by atoms with E-state index in [9.17, 15) is 9.90 Å². The number of aliphatic carboxylic acids is 1. The van der Waals surface area contributed by atoms with Gasteiger partial charge in [-0.05, 0) is 31.2 Å². The van der Waals surface area contributed by atoms with Crippen LogP contribution in [0.4, 0.5) is 0 Å². The van der Waals surface area contributed by atoms with E-state index >= 15 is 0 Å². The highest BCUT2D eigenvalue weighted by atomic mass is 16.5. The Morgan fingerprint density at radius 3 is 2.44 bits per heavy atom. The van der Waals surface area contributed by atoms with E-state index in [0.29, 0.717) is 5.75 Å². The zero-order valence-corrected chi connectivity index (χ0v) is 8.88. The number of carboxylic acid groups (broad SMARTS) is 1. The molecule has 3 N–H and O–H groups in total. The third-order valence-electron chi connectivity index (χ3n) is 1.92. The molecule has 1 rings (SSSR count). The third kappa shape index (κ3) is 4.18. The van der Waals surface area contributed by atoms with Crippen molar-refractivity contribution in [2.24, 2.45) is 0 Å². The maximum atomic E-state index is 10.4. The van der Waals surface area contributed by atoms with Crippen molar-refractivity contribution in [3.8, 4) is 11.5 Å². The van der Waals surface area contributed by atoms with Gasteiger partial charge < -0.3 is 20.1 Å². The highest BCUT2D eigenvalue weighted by Gasteiger charge is 2.25. The van der Waals surface area contributed by atoms with E-state index < -0.39 is 11.6 Å². The van der Waals surface area contributed by atoms with Crippen LogP contribution in [0.5, 0.6) is 11.5 Å². The van der Waals surface area contributed by atoms with Crippen LogP contribution in [0.15, 0.2) is 24.3 Å². The van der Waals surface area contributed by atoms with Crippen molar-refractivity contribution in [3.05, 3.63) is 24.3 Å². The number of ether oxygens (including phenoxy) is 1. The number of phenolic OH excluding ortho intramolecular Hbond substituents is 1. The quantitative estimate of drug-likeness (QED) is 0.697. The molecule has 0 amide bonds. The minimum Gasteiger partial charge on any atom is -0.508 e. The van der Waals surface area contributed by atoms with Crippen LogP contribution in [0.1, 0.15) is 13.3 Å². The Bertz CT molecular complexity index is 355. The number of hydrogen-bond donors (Lipinski definition) is 3. The molecule has 88 valence electrons. The number of rotatable bonds is 5. The molecule has 0 heterocycles. The van der Waals surface area contributed by atoms with E-state index in [4.69, 9.17) is 14.9 Å². The van der Waals surface area contributed by atoms with Crippen molar-refractivity contribution < 1.29 is 24.9 Å². The number of aliphatic hydroxyl groups is 1. The lowest BCUT2D eigenvalue weighted by Gasteiger charge is -2.21. The highest BCUT2D eigenvalue weighted by Crippen LogP contribution is 2.18. The Morgan fingerprint density at radius 1 is 1.38 bits per heavy atom. The van der Waals surface area contributed by atoms with E-state index in [0.717, 1.165) is 0 Å². The second kappa shape index (κ2) is 4.85. The Hall–Kier alpha value is -1.75. The van der Waals surface area contributed by atoms with Crippen molar-refractivity contribution in [3.63, 3.8) is 0 Å². The number of hydrogen-bond acceptors (Lipinski definition) is 4. The van der Waals surface area contributed by atoms with Gasteiger partial charge in [0, 0.05) is 0 Å². The summed E-state index contributed by atoms with van der Waals surface area (Å²) >= 11 is 0. The Balaban J connectivity index is 2.50. The first kappa shape index (κ1) is 12.3. The fraction of sp³-hybridized carbons (Fsp3) is 0.364. The van der Waals surface area contributed by atoms with Gasteiger partial charge in [0.2, 0.25) is 0 Å². The minimum absolute atomic E-state index is 0.115. The van der Waals surface area contributed by atoms with Gasteiger partial charge in [0.25, 0.3) is 0 Å². The molecule has 0 fully saturated rings. The molecule has 16 heavy (non-hydrogen) atoms. The second-order valence-electron chi connectivity index (χ2n) is 3.85. The fourth-order valence-electron chi connectivity index (χ4n) is 1.16. The lowest BCUT2D eigenvalue weighted by atomic mass is 10.0. The van der Waals surface area contributed by atoms with Crippen LogP contribution in [-0.4, -0.2) is 33.5 Å². The van der Waals surface area contributed by atoms with Crippen LogP contribution in [0.25, 0.3) is 0 Å². The number of phenols is 1. The van der Waals surface area contributed by atoms with Gasteiger partial charge in [-0.2, -0.15) is 0 Å². The number of carboxylic acids is 1. The first-order valence-electron chi connectivity index (χ1n) is 4.75. The molecule has 0 aliphatic rings. The molecule has 0 bridgehead atoms. The molecule has 1 aromatic rings. The summed E-state index contributed by atoms with van der Waals surface area (Å²) in [7, 11) is 0. The maximum Gasteiger partial charge on any atom is 0.306 e. The predicted molar refractivity (Wildman–Crippen MR) is 56.5 cm³/mol. The van der Waals surface area contributed by atoms with Gasteiger partial charge in [0.1, 0.15) is 23.7 Å². The average molecular weight is 226 g/mol. The third-order valence-corrected chi connectivity index (χ3v) is 1.92. The van der Waals surface area contributed by atoms with Gasteiger partial charge in [0.05, 0.1) is 6.42 Å². The average Bonchev–Trinajstić information content (AvgIpc) is 2.15. The van der Waals surface area contributed by atoms with Crippen molar-refractivity contribution in [2.75, 3.05) is 6.61 Å². The molecular formula is C11H14O5. The van der Waals surface area contributed by atoms with E-state index in [-0.39, 0.29) is 18.8 Å². The fourth-order valence-corrected chi connectivity index (χ4v) is 1.16. The smallest absolute Gasteiger partial charge is 0.306 e. The molecule has 0 aliphatic heterocycles. The lowest BCUT2D eigenvalue weighted by Crippen LogP contribution is -2.34. The van der Waals surface area contributed by atoms with E-state index in [2.05, 4.69) is 0 Å². The Labute approximate surface area is 92.9 Å². The molecule has 0 aliphatic carbocycles. The van der Waals surface area contributed by atoms with E-state index in [1.165, 1.54) is 31.2 Å². The van der Waals surface area contributed by atoms with Gasteiger partial charge in [-0.15, -0.1) is 0 Å². The highest BCUT2D eigenvalue weighted by molar-refractivity contribution is 5.68. The van der Waals surface area contributed by atoms with Gasteiger partial charge >= 0.3 is 5.97 Å². The van der Waals surface area contributed by atoms with Crippen LogP contribution < -0.4 is 4.74 Å². The lowest BCUT2D eigenvalue weighted by molar-refractivity contribution is -0.143. The standard InChI is InChI=1S/C11H14O5/c1-11(15,6-10(13)14)7-16-9-4-2-8(12)3-5-9/h2-5,12,15H,6-7H2,1H3,(H,13,14). The summed E-state index contributed by atoms with van der Waals surface area (Å²) in [4.78, 5) is 10.4. The molecule has 0 saturated heterocycles. The summed E-state index contributed by atoms with van der Waals surface area (Å²) in [6.45, 7) is 1.27. The van der Waals surface area contributed by atoms with Gasteiger partial charge in [0.15, 0.2) is 0 Å². The zero-order valence-electron chi connectivity index (χ0n) is 8.88. The first-order valence-corrected chi connectivity index (χ1v) is 4.75. The summed E-state index contributed by atoms with van der Waals surface area (Å²) in [5.74, 6) is -0.507. The molecule has 0 aromatic heterocycles. The molecule has 0 spiro atoms. The van der Waals surface area contributed by atoms with Crippen LogP contribution in [0.3, 0.4) is 0 Å². The van der Waals surface area contributed by atoms with Crippen LogP contribution in [0.2, 0.25) is 0 Å². The van der Waals surface area contributed by atoms with Crippen LogP contribution in [-0.2, 0) is 4.79 Å². The summed E-state index contributed by atoms with van der Waals surface area (Å²) in [6.07, 6.45) is -0.384. The molecule has 0 radical (unpaired) electrons. The normalized spacial score (nSPS) is 14.1. The van der Waals surface area contributed by atoms with Crippen molar-refractivity contribution in [1.82, 2.24) is 0 Å². The SMILES string of the molecule is CC(O)(COc1ccc(O)cc1)CC(=O)O. The molecule has 5 nitrogen and oxygen atoms in total. The number of carbonyl (C=O) groups is 1. The minimum atomic E-state index is -1.41. The molecular weight excluding hydrogens is 212 g/mol. The topological polar surface area (TPSA) is 87.0 Å². The molecule has 1 unspecified atom stereocenters. The van der Waals surface area contributed by atoms with E-state index in [1.807, 2.05) is 0 Å². The second-order valence-corrected chi connectivity index (χ2v) is 3.85. The number of benzene rings is 1.